The molecule has 0 bridgehead atoms. The molecule has 0 aliphatic carbocycles. The fraction of sp³-hybridized carbons (Fsp3) is 0.481. The molecule has 0 aliphatic heterocycles. The van der Waals surface area contributed by atoms with E-state index in [2.05, 4.69) is 14.2 Å². The summed E-state index contributed by atoms with van der Waals surface area (Å²) in [5.41, 5.74) is 0.511. The average Bonchev–Trinajstić information content (AvgIpc) is 2.95. The van der Waals surface area contributed by atoms with Crippen LogP contribution in [0.15, 0.2) is 48.5 Å². The Morgan fingerprint density at radius 2 is 1.10 bits per heavy atom. The Kier molecular flexibility index (Phi) is 14.9. The van der Waals surface area contributed by atoms with Crippen molar-refractivity contribution in [1.82, 2.24) is 0 Å². The summed E-state index contributed by atoms with van der Waals surface area (Å²) in [4.78, 5) is 0. The predicted molar refractivity (Wildman–Crippen MR) is 135 cm³/mol. The molecule has 0 amide bonds. The molecule has 0 aromatic heterocycles. The molecule has 11 nitrogen and oxygen atoms in total. The van der Waals surface area contributed by atoms with E-state index in [9.17, 15) is 27.8 Å². The third-order valence-electron chi connectivity index (χ3n) is 4.88. The van der Waals surface area contributed by atoms with Gasteiger partial charge in [0.05, 0.1) is 37.6 Å². The van der Waals surface area contributed by atoms with Gasteiger partial charge >= 0.3 is 12.2 Å². The van der Waals surface area contributed by atoms with Gasteiger partial charge in [0.1, 0.15) is 69.1 Å². The smallest absolute Gasteiger partial charge is 0.383 e. The van der Waals surface area contributed by atoms with Gasteiger partial charge in [-0.3, -0.25) is 4.74 Å². The second-order valence-electron chi connectivity index (χ2n) is 8.49. The van der Waals surface area contributed by atoms with Crippen molar-refractivity contribution in [2.24, 2.45) is 0 Å². The second kappa shape index (κ2) is 18.1. The molecule has 2 N–H and O–H groups in total. The number of rotatable bonds is 21. The van der Waals surface area contributed by atoms with Crippen molar-refractivity contribution in [2.75, 3.05) is 59.6 Å². The number of aliphatic hydroxyl groups excluding tert-OH is 2. The molecular formula is C27H30F4N2O9. The van der Waals surface area contributed by atoms with E-state index in [4.69, 9.17) is 29.5 Å². The number of nitriles is 2. The highest BCUT2D eigenvalue weighted by atomic mass is 19.3. The molecule has 2 aromatic rings. The Hall–Kier alpha value is -3.54. The van der Waals surface area contributed by atoms with Gasteiger partial charge < -0.3 is 38.6 Å². The van der Waals surface area contributed by atoms with Crippen LogP contribution in [0.25, 0.3) is 0 Å². The summed E-state index contributed by atoms with van der Waals surface area (Å²) in [6, 6.07) is 16.5. The van der Waals surface area contributed by atoms with Gasteiger partial charge in [-0.1, -0.05) is 24.3 Å². The third-order valence-corrected chi connectivity index (χ3v) is 4.88. The van der Waals surface area contributed by atoms with E-state index in [1.165, 1.54) is 12.1 Å². The zero-order valence-electron chi connectivity index (χ0n) is 22.3. The highest BCUT2D eigenvalue weighted by Crippen LogP contribution is 2.27. The maximum atomic E-state index is 13.8. The monoisotopic (exact) mass is 602 g/mol. The van der Waals surface area contributed by atoms with E-state index in [1.807, 2.05) is 12.1 Å². The Labute approximate surface area is 239 Å². The highest BCUT2D eigenvalue weighted by molar-refractivity contribution is 5.43. The van der Waals surface area contributed by atoms with Crippen LogP contribution >= 0.6 is 0 Å². The molecule has 0 spiro atoms. The molecule has 0 aliphatic rings. The fourth-order valence-electron chi connectivity index (χ4n) is 3.04. The lowest BCUT2D eigenvalue weighted by Gasteiger charge is -2.24. The van der Waals surface area contributed by atoms with Crippen molar-refractivity contribution >= 4 is 0 Å². The van der Waals surface area contributed by atoms with Crippen LogP contribution in [0.1, 0.15) is 11.1 Å². The molecule has 0 heterocycles. The SMILES string of the molecule is N#Cc1ccccc1OCC(O)COCCOCOCC(F)(F)OC(F)(F)COCC(O)COc1ccccc1C#N. The molecule has 15 heteroatoms. The minimum absolute atomic E-state index is 0.0424. The molecule has 2 atom stereocenters. The molecule has 230 valence electrons. The maximum absolute atomic E-state index is 13.8. The van der Waals surface area contributed by atoms with Gasteiger partial charge in [0.15, 0.2) is 0 Å². The van der Waals surface area contributed by atoms with Gasteiger partial charge in [-0.25, -0.2) is 0 Å². The number of alkyl halides is 4. The van der Waals surface area contributed by atoms with Crippen molar-refractivity contribution in [3.05, 3.63) is 59.7 Å². The quantitative estimate of drug-likeness (QED) is 0.123. The molecule has 0 radical (unpaired) electrons. The van der Waals surface area contributed by atoms with Crippen molar-refractivity contribution in [3.63, 3.8) is 0 Å². The van der Waals surface area contributed by atoms with E-state index < -0.39 is 57.6 Å². The Balaban J connectivity index is 1.52. The van der Waals surface area contributed by atoms with Gasteiger partial charge in [-0.05, 0) is 24.3 Å². The van der Waals surface area contributed by atoms with Crippen molar-refractivity contribution in [3.8, 4) is 23.6 Å². The zero-order valence-corrected chi connectivity index (χ0v) is 22.3. The zero-order chi connectivity index (χ0) is 30.8. The van der Waals surface area contributed by atoms with E-state index in [-0.39, 0.29) is 37.7 Å². The lowest BCUT2D eigenvalue weighted by atomic mass is 10.2. The van der Waals surface area contributed by atoms with E-state index in [1.54, 1.807) is 36.4 Å². The minimum atomic E-state index is -4.41. The largest absolute Gasteiger partial charge is 0.489 e. The Bertz CT molecular complexity index is 1160. The summed E-state index contributed by atoms with van der Waals surface area (Å²) in [7, 11) is 0. The number of hydrogen-bond acceptors (Lipinski definition) is 11. The Morgan fingerprint density at radius 1 is 0.643 bits per heavy atom. The van der Waals surface area contributed by atoms with Gasteiger partial charge in [-0.2, -0.15) is 28.1 Å². The van der Waals surface area contributed by atoms with Gasteiger partial charge in [0.2, 0.25) is 0 Å². The van der Waals surface area contributed by atoms with Gasteiger partial charge in [0.25, 0.3) is 0 Å². The number of aliphatic hydroxyl groups is 2. The summed E-state index contributed by atoms with van der Waals surface area (Å²) < 4.78 is 88.2. The van der Waals surface area contributed by atoms with E-state index in [0.717, 1.165) is 0 Å². The lowest BCUT2D eigenvalue weighted by Crippen LogP contribution is -2.40. The molecule has 2 rings (SSSR count). The summed E-state index contributed by atoms with van der Waals surface area (Å²) >= 11 is 0. The van der Waals surface area contributed by atoms with Crippen LogP contribution in [0.2, 0.25) is 0 Å². The first-order chi connectivity index (χ1) is 20.0. The standard InChI is InChI=1S/C27H30F4N2O9/c28-26(29,17-38-14-23(35)16-41-25-8-4-2-6-21(25)12-33)42-27(30,31)18-39-19-37-10-9-36-13-22(34)15-40-24-7-3-1-5-20(24)11-32/h1-8,22-23,34-35H,9-10,13-19H2. The van der Waals surface area contributed by atoms with E-state index >= 15 is 0 Å². The number of hydrogen-bond donors (Lipinski definition) is 2. The number of para-hydroxylation sites is 2. The van der Waals surface area contributed by atoms with Crippen molar-refractivity contribution in [2.45, 2.75) is 24.4 Å². The van der Waals surface area contributed by atoms with E-state index in [0.29, 0.717) is 11.3 Å². The first-order valence-electron chi connectivity index (χ1n) is 12.4. The van der Waals surface area contributed by atoms with Crippen LogP contribution in [0.5, 0.6) is 11.5 Å². The van der Waals surface area contributed by atoms with Crippen molar-refractivity contribution < 1.29 is 60.9 Å². The van der Waals surface area contributed by atoms with Crippen LogP contribution in [0, 0.1) is 22.7 Å². The summed E-state index contributed by atoms with van der Waals surface area (Å²) in [6.45, 7) is -5.31. The minimum Gasteiger partial charge on any atom is -0.489 e. The summed E-state index contributed by atoms with van der Waals surface area (Å²) in [5.74, 6) is 0.481. The van der Waals surface area contributed by atoms with Crippen molar-refractivity contribution in [1.29, 1.82) is 10.5 Å². The van der Waals surface area contributed by atoms with Gasteiger partial charge in [0, 0.05) is 0 Å². The van der Waals surface area contributed by atoms with Crippen LogP contribution in [0.3, 0.4) is 0 Å². The first kappa shape index (κ1) is 34.7. The topological polar surface area (TPSA) is 153 Å². The molecule has 2 unspecified atom stereocenters. The number of benzene rings is 2. The molecule has 2 aromatic carbocycles. The maximum Gasteiger partial charge on any atom is 0.383 e. The van der Waals surface area contributed by atoms with Crippen LogP contribution < -0.4 is 9.47 Å². The molecule has 0 saturated carbocycles. The lowest BCUT2D eigenvalue weighted by molar-refractivity contribution is -0.396. The second-order valence-corrected chi connectivity index (χ2v) is 8.49. The number of halogens is 4. The first-order valence-corrected chi connectivity index (χ1v) is 12.4. The van der Waals surface area contributed by atoms with Crippen LogP contribution in [-0.2, 0) is 23.7 Å². The number of ether oxygens (including phenoxy) is 7. The number of nitrogens with zero attached hydrogens (tertiary/aromatic N) is 2. The highest BCUT2D eigenvalue weighted by Gasteiger charge is 2.44. The molecule has 0 saturated heterocycles. The Morgan fingerprint density at radius 3 is 1.62 bits per heavy atom. The molecule has 0 fully saturated rings. The average molecular weight is 603 g/mol. The fourth-order valence-corrected chi connectivity index (χ4v) is 3.04. The van der Waals surface area contributed by atoms with Gasteiger partial charge in [-0.15, -0.1) is 0 Å². The third kappa shape index (κ3) is 13.9. The predicted octanol–water partition coefficient (Wildman–Crippen LogP) is 2.84. The van der Waals surface area contributed by atoms with Crippen LogP contribution in [-0.4, -0.2) is 94.3 Å². The van der Waals surface area contributed by atoms with Crippen LogP contribution in [0.4, 0.5) is 17.6 Å². The summed E-state index contributed by atoms with van der Waals surface area (Å²) in [5, 5.41) is 37.6. The normalized spacial score (nSPS) is 13.1. The molecular weight excluding hydrogens is 572 g/mol. The molecule has 42 heavy (non-hydrogen) atoms. The summed E-state index contributed by atoms with van der Waals surface area (Å²) in [6.07, 6.45) is -11.2.